The van der Waals surface area contributed by atoms with E-state index in [0.717, 1.165) is 11.8 Å². The summed E-state index contributed by atoms with van der Waals surface area (Å²) in [6, 6.07) is 12.0. The second kappa shape index (κ2) is 7.40. The van der Waals surface area contributed by atoms with Crippen LogP contribution in [-0.2, 0) is 21.2 Å². The number of nitrogens with one attached hydrogen (secondary N) is 1. The first kappa shape index (κ1) is 18.9. The minimum absolute atomic E-state index is 0.297. The zero-order chi connectivity index (χ0) is 19.6. The molecule has 1 aliphatic rings. The number of sulfonamides is 1. The van der Waals surface area contributed by atoms with E-state index in [1.165, 1.54) is 10.4 Å². The van der Waals surface area contributed by atoms with Crippen LogP contribution in [0.2, 0.25) is 0 Å². The van der Waals surface area contributed by atoms with Crippen molar-refractivity contribution in [2.45, 2.75) is 18.9 Å². The van der Waals surface area contributed by atoms with Crippen molar-refractivity contribution in [2.24, 2.45) is 0 Å². The number of amides is 1. The minimum atomic E-state index is -3.38. The van der Waals surface area contributed by atoms with E-state index >= 15 is 0 Å². The predicted molar refractivity (Wildman–Crippen MR) is 101 cm³/mol. The predicted octanol–water partition coefficient (Wildman–Crippen LogP) is 1.95. The third kappa shape index (κ3) is 4.11. The molecule has 8 heteroatoms. The highest BCUT2D eigenvalue weighted by Crippen LogP contribution is 2.30. The molecule has 3 rings (SSSR count). The van der Waals surface area contributed by atoms with Crippen molar-refractivity contribution in [3.05, 3.63) is 65.2 Å². The van der Waals surface area contributed by atoms with E-state index in [9.17, 15) is 23.1 Å². The van der Waals surface area contributed by atoms with Gasteiger partial charge in [0.05, 0.1) is 11.9 Å². The van der Waals surface area contributed by atoms with Crippen LogP contribution in [0.5, 0.6) is 0 Å². The van der Waals surface area contributed by atoms with E-state index in [4.69, 9.17) is 0 Å². The van der Waals surface area contributed by atoms with Gasteiger partial charge in [-0.15, -0.1) is 0 Å². The molecule has 0 saturated heterocycles. The van der Waals surface area contributed by atoms with E-state index in [1.807, 2.05) is 0 Å². The molecule has 0 radical (unpaired) electrons. The van der Waals surface area contributed by atoms with Crippen molar-refractivity contribution >= 4 is 27.6 Å². The molecule has 7 nitrogen and oxygen atoms in total. The number of anilines is 1. The number of carbonyl (C=O) groups is 2. The molecule has 0 fully saturated rings. The number of carbonyl (C=O) groups excluding carboxylic acids is 1. The van der Waals surface area contributed by atoms with E-state index in [1.54, 1.807) is 42.5 Å². The molecule has 2 N–H and O–H groups in total. The van der Waals surface area contributed by atoms with Crippen LogP contribution in [0.1, 0.15) is 33.9 Å². The minimum Gasteiger partial charge on any atom is -0.479 e. The molecule has 0 unspecified atom stereocenters. The number of hydrogen-bond donors (Lipinski definition) is 2. The molecule has 1 heterocycles. The lowest BCUT2D eigenvalue weighted by molar-refractivity contribution is -0.139. The third-order valence-electron chi connectivity index (χ3n) is 4.47. The first-order valence-electron chi connectivity index (χ1n) is 8.46. The number of carboxylic acids is 1. The van der Waals surface area contributed by atoms with Crippen molar-refractivity contribution in [3.8, 4) is 0 Å². The van der Waals surface area contributed by atoms with E-state index in [-0.39, 0.29) is 0 Å². The van der Waals surface area contributed by atoms with E-state index in [2.05, 4.69) is 5.32 Å². The highest BCUT2D eigenvalue weighted by atomic mass is 32.2. The Bertz CT molecular complexity index is 973. The number of fused-ring (bicyclic) bond motifs is 1. The molecule has 0 bridgehead atoms. The Kier molecular flexibility index (Phi) is 5.18. The Morgan fingerprint density at radius 1 is 1.15 bits per heavy atom. The highest BCUT2D eigenvalue weighted by molar-refractivity contribution is 7.92. The molecule has 27 heavy (non-hydrogen) atoms. The van der Waals surface area contributed by atoms with E-state index in [0.29, 0.717) is 36.2 Å². The number of benzene rings is 2. The number of hydrogen-bond acceptors (Lipinski definition) is 4. The van der Waals surface area contributed by atoms with Gasteiger partial charge in [-0.3, -0.25) is 9.10 Å². The van der Waals surface area contributed by atoms with Gasteiger partial charge in [-0.05, 0) is 42.2 Å². The normalized spacial score (nSPS) is 14.9. The topological polar surface area (TPSA) is 104 Å². The van der Waals surface area contributed by atoms with Crippen LogP contribution in [0.15, 0.2) is 48.5 Å². The van der Waals surface area contributed by atoms with Gasteiger partial charge in [0.15, 0.2) is 6.04 Å². The average Bonchev–Trinajstić information content (AvgIpc) is 2.64. The van der Waals surface area contributed by atoms with Crippen molar-refractivity contribution in [3.63, 3.8) is 0 Å². The van der Waals surface area contributed by atoms with Crippen LogP contribution in [0.3, 0.4) is 0 Å². The fourth-order valence-electron chi connectivity index (χ4n) is 3.20. The summed E-state index contributed by atoms with van der Waals surface area (Å²) in [5.74, 6) is -1.68. The number of rotatable bonds is 5. The lowest BCUT2D eigenvalue weighted by atomic mass is 10.00. The summed E-state index contributed by atoms with van der Waals surface area (Å²) in [6.07, 6.45) is 2.47. The zero-order valence-corrected chi connectivity index (χ0v) is 15.6. The highest BCUT2D eigenvalue weighted by Gasteiger charge is 2.26. The second-order valence-corrected chi connectivity index (χ2v) is 8.34. The smallest absolute Gasteiger partial charge is 0.330 e. The monoisotopic (exact) mass is 388 g/mol. The van der Waals surface area contributed by atoms with Gasteiger partial charge in [-0.2, -0.15) is 0 Å². The molecular formula is C19H20N2O5S. The van der Waals surface area contributed by atoms with Crippen LogP contribution in [0, 0.1) is 0 Å². The van der Waals surface area contributed by atoms with Crippen LogP contribution >= 0.6 is 0 Å². The molecule has 2 aromatic rings. The molecule has 0 aliphatic carbocycles. The lowest BCUT2D eigenvalue weighted by Gasteiger charge is -2.29. The molecule has 2 aromatic carbocycles. The average molecular weight is 388 g/mol. The van der Waals surface area contributed by atoms with Gasteiger partial charge in [0, 0.05) is 12.1 Å². The summed E-state index contributed by atoms with van der Waals surface area (Å²) in [5, 5.41) is 12.0. The Morgan fingerprint density at radius 3 is 2.48 bits per heavy atom. The number of carboxylic acid groups (broad SMARTS) is 1. The molecule has 1 atom stereocenters. The van der Waals surface area contributed by atoms with Crippen LogP contribution in [-0.4, -0.2) is 38.2 Å². The molecule has 0 spiro atoms. The second-order valence-electron chi connectivity index (χ2n) is 6.44. The van der Waals surface area contributed by atoms with Gasteiger partial charge in [-0.1, -0.05) is 30.3 Å². The van der Waals surface area contributed by atoms with Crippen LogP contribution in [0.4, 0.5) is 5.69 Å². The summed E-state index contributed by atoms with van der Waals surface area (Å²) in [6.45, 7) is 0.409. The molecule has 1 amide bonds. The Hall–Kier alpha value is -2.87. The fraction of sp³-hybridized carbons (Fsp3) is 0.263. The van der Waals surface area contributed by atoms with Gasteiger partial charge in [-0.25, -0.2) is 13.2 Å². The lowest BCUT2D eigenvalue weighted by Crippen LogP contribution is -2.35. The number of nitrogens with zero attached hydrogens (tertiary/aromatic N) is 1. The molecular weight excluding hydrogens is 368 g/mol. The first-order valence-corrected chi connectivity index (χ1v) is 10.3. The van der Waals surface area contributed by atoms with Gasteiger partial charge in [0.1, 0.15) is 0 Å². The van der Waals surface area contributed by atoms with Crippen molar-refractivity contribution in [1.29, 1.82) is 0 Å². The van der Waals surface area contributed by atoms with Crippen molar-refractivity contribution < 1.29 is 23.1 Å². The molecule has 1 aliphatic heterocycles. The van der Waals surface area contributed by atoms with Crippen LogP contribution < -0.4 is 9.62 Å². The quantitative estimate of drug-likeness (QED) is 0.815. The maximum Gasteiger partial charge on any atom is 0.330 e. The summed E-state index contributed by atoms with van der Waals surface area (Å²) in [5.41, 5.74) is 2.09. The summed E-state index contributed by atoms with van der Waals surface area (Å²) >= 11 is 0. The van der Waals surface area contributed by atoms with E-state index < -0.39 is 27.9 Å². The Labute approximate surface area is 157 Å². The fourth-order valence-corrected chi connectivity index (χ4v) is 4.19. The molecule has 142 valence electrons. The molecule has 0 aromatic heterocycles. The van der Waals surface area contributed by atoms with Gasteiger partial charge in [0.25, 0.3) is 5.91 Å². The zero-order valence-electron chi connectivity index (χ0n) is 14.8. The largest absolute Gasteiger partial charge is 0.479 e. The summed E-state index contributed by atoms with van der Waals surface area (Å²) < 4.78 is 25.2. The van der Waals surface area contributed by atoms with Crippen molar-refractivity contribution in [1.82, 2.24) is 5.32 Å². The standard InChI is InChI=1S/C19H20N2O5S/c1-27(25,26)21-11-5-8-14-12-15(9-10-16(14)21)18(22)20-17(19(23)24)13-6-3-2-4-7-13/h2-4,6-7,9-10,12,17H,5,8,11H2,1H3,(H,20,22)(H,23,24)/t17-/m1/s1. The maximum atomic E-state index is 12.6. The van der Waals surface area contributed by atoms with Crippen LogP contribution in [0.25, 0.3) is 0 Å². The maximum absolute atomic E-state index is 12.6. The Balaban J connectivity index is 1.86. The summed E-state index contributed by atoms with van der Waals surface area (Å²) in [7, 11) is -3.38. The first-order chi connectivity index (χ1) is 12.8. The van der Waals surface area contributed by atoms with Crippen molar-refractivity contribution in [2.75, 3.05) is 17.1 Å². The van der Waals surface area contributed by atoms with Gasteiger partial charge < -0.3 is 10.4 Å². The SMILES string of the molecule is CS(=O)(=O)N1CCCc2cc(C(=O)N[C@@H](C(=O)O)c3ccccc3)ccc21. The van der Waals surface area contributed by atoms with Gasteiger partial charge in [0.2, 0.25) is 10.0 Å². The van der Waals surface area contributed by atoms with Gasteiger partial charge >= 0.3 is 5.97 Å². The summed E-state index contributed by atoms with van der Waals surface area (Å²) in [4.78, 5) is 24.2. The number of aryl methyl sites for hydroxylation is 1. The Morgan fingerprint density at radius 2 is 1.85 bits per heavy atom. The number of aliphatic carboxylic acids is 1. The molecule has 0 saturated carbocycles. The third-order valence-corrected chi connectivity index (χ3v) is 5.65.